The first-order valence-corrected chi connectivity index (χ1v) is 4.83. The maximum absolute atomic E-state index is 10.8. The minimum absolute atomic E-state index is 0.370. The molecule has 84 valence electrons. The summed E-state index contributed by atoms with van der Waals surface area (Å²) < 4.78 is 0. The molecule has 1 aromatic carbocycles. The first-order chi connectivity index (χ1) is 7.59. The van der Waals surface area contributed by atoms with Crippen molar-refractivity contribution in [3.05, 3.63) is 42.0 Å². The average Bonchev–Trinajstić information content (AvgIpc) is 2.25. The van der Waals surface area contributed by atoms with E-state index in [-0.39, 0.29) is 5.91 Å². The number of carboxylic acid groups (broad SMARTS) is 1. The molecule has 0 aliphatic rings. The number of nitrogens with one attached hydrogen (secondary N) is 1. The van der Waals surface area contributed by atoms with Gasteiger partial charge in [0, 0.05) is 6.92 Å². The third kappa shape index (κ3) is 3.96. The second-order valence-electron chi connectivity index (χ2n) is 3.29. The predicted molar refractivity (Wildman–Crippen MR) is 60.7 cm³/mol. The Morgan fingerprint density at radius 1 is 1.31 bits per heavy atom. The highest BCUT2D eigenvalue weighted by Crippen LogP contribution is 2.02. The van der Waals surface area contributed by atoms with E-state index in [1.807, 2.05) is 30.3 Å². The van der Waals surface area contributed by atoms with Crippen LogP contribution in [-0.4, -0.2) is 23.0 Å². The Morgan fingerprint density at radius 2 is 1.94 bits per heavy atom. The molecule has 0 heterocycles. The van der Waals surface area contributed by atoms with Crippen molar-refractivity contribution >= 4 is 18.0 Å². The van der Waals surface area contributed by atoms with Crippen molar-refractivity contribution in [1.82, 2.24) is 5.32 Å². The van der Waals surface area contributed by atoms with Gasteiger partial charge in [-0.25, -0.2) is 4.79 Å². The zero-order chi connectivity index (χ0) is 12.0. The second-order valence-corrected chi connectivity index (χ2v) is 3.29. The molecule has 0 aromatic heterocycles. The van der Waals surface area contributed by atoms with Gasteiger partial charge in [0.25, 0.3) is 0 Å². The molecule has 1 unspecified atom stereocenters. The lowest BCUT2D eigenvalue weighted by Gasteiger charge is -2.07. The van der Waals surface area contributed by atoms with Crippen LogP contribution in [0.4, 0.5) is 0 Å². The minimum Gasteiger partial charge on any atom is -0.479 e. The summed E-state index contributed by atoms with van der Waals surface area (Å²) in [5.41, 5.74) is 0.888. The normalized spacial score (nSPS) is 12.3. The quantitative estimate of drug-likeness (QED) is 0.801. The molecule has 1 aromatic rings. The molecule has 0 bridgehead atoms. The number of hydrogen-bond acceptors (Lipinski definition) is 2. The van der Waals surface area contributed by atoms with Crippen LogP contribution in [0.25, 0.3) is 6.08 Å². The molecule has 2 N–H and O–H groups in total. The number of benzene rings is 1. The first-order valence-electron chi connectivity index (χ1n) is 4.83. The first kappa shape index (κ1) is 12.0. The largest absolute Gasteiger partial charge is 0.479 e. The molecule has 0 saturated carbocycles. The van der Waals surface area contributed by atoms with Crippen molar-refractivity contribution in [3.8, 4) is 0 Å². The number of amides is 1. The number of rotatable bonds is 4. The fraction of sp³-hybridized carbons (Fsp3) is 0.167. The van der Waals surface area contributed by atoms with Crippen LogP contribution in [0.1, 0.15) is 12.5 Å². The van der Waals surface area contributed by atoms with Crippen LogP contribution in [0.5, 0.6) is 0 Å². The summed E-state index contributed by atoms with van der Waals surface area (Å²) in [6, 6.07) is 8.30. The van der Waals surface area contributed by atoms with Gasteiger partial charge in [0.05, 0.1) is 0 Å². The lowest BCUT2D eigenvalue weighted by Crippen LogP contribution is -2.37. The topological polar surface area (TPSA) is 66.4 Å². The fourth-order valence-corrected chi connectivity index (χ4v) is 1.18. The van der Waals surface area contributed by atoms with E-state index in [0.29, 0.717) is 0 Å². The molecule has 4 heteroatoms. The van der Waals surface area contributed by atoms with Gasteiger partial charge < -0.3 is 10.4 Å². The SMILES string of the molecule is CC(=O)NC(C=Cc1ccccc1)C(=O)O. The summed E-state index contributed by atoms with van der Waals surface area (Å²) >= 11 is 0. The third-order valence-corrected chi connectivity index (χ3v) is 1.91. The summed E-state index contributed by atoms with van der Waals surface area (Å²) in [6.07, 6.45) is 3.10. The minimum atomic E-state index is -1.08. The maximum Gasteiger partial charge on any atom is 0.330 e. The molecule has 16 heavy (non-hydrogen) atoms. The van der Waals surface area contributed by atoms with Gasteiger partial charge in [-0.3, -0.25) is 4.79 Å². The van der Waals surface area contributed by atoms with Gasteiger partial charge in [-0.2, -0.15) is 0 Å². The van der Waals surface area contributed by atoms with Crippen LogP contribution < -0.4 is 5.32 Å². The van der Waals surface area contributed by atoms with Gasteiger partial charge in [-0.05, 0) is 5.56 Å². The van der Waals surface area contributed by atoms with Crippen molar-refractivity contribution in [1.29, 1.82) is 0 Å². The molecular weight excluding hydrogens is 206 g/mol. The second kappa shape index (κ2) is 5.70. The molecular formula is C12H13NO3. The van der Waals surface area contributed by atoms with Crippen molar-refractivity contribution in [3.63, 3.8) is 0 Å². The Labute approximate surface area is 93.6 Å². The lowest BCUT2D eigenvalue weighted by atomic mass is 10.1. The summed E-state index contributed by atoms with van der Waals surface area (Å²) in [5, 5.41) is 11.2. The highest BCUT2D eigenvalue weighted by Gasteiger charge is 2.13. The summed E-state index contributed by atoms with van der Waals surface area (Å²) in [5.74, 6) is -1.45. The van der Waals surface area contributed by atoms with Gasteiger partial charge in [-0.15, -0.1) is 0 Å². The van der Waals surface area contributed by atoms with Gasteiger partial charge >= 0.3 is 5.97 Å². The van der Waals surface area contributed by atoms with Crippen molar-refractivity contribution < 1.29 is 14.7 Å². The van der Waals surface area contributed by atoms with E-state index in [4.69, 9.17) is 5.11 Å². The Kier molecular flexibility index (Phi) is 4.27. The van der Waals surface area contributed by atoms with Crippen molar-refractivity contribution in [2.45, 2.75) is 13.0 Å². The smallest absolute Gasteiger partial charge is 0.330 e. The Morgan fingerprint density at radius 3 is 2.44 bits per heavy atom. The summed E-state index contributed by atoms with van der Waals surface area (Å²) in [7, 11) is 0. The molecule has 1 rings (SSSR count). The number of carbonyl (C=O) groups excluding carboxylic acids is 1. The van der Waals surface area contributed by atoms with E-state index < -0.39 is 12.0 Å². The number of hydrogen-bond donors (Lipinski definition) is 2. The Balaban J connectivity index is 2.72. The molecule has 0 fully saturated rings. The van der Waals surface area contributed by atoms with Crippen LogP contribution in [0.2, 0.25) is 0 Å². The number of aliphatic carboxylic acids is 1. The summed E-state index contributed by atoms with van der Waals surface area (Å²) in [6.45, 7) is 1.28. The van der Waals surface area contributed by atoms with Gasteiger partial charge in [0.1, 0.15) is 6.04 Å². The average molecular weight is 219 g/mol. The van der Waals surface area contributed by atoms with Gasteiger partial charge in [-0.1, -0.05) is 42.5 Å². The zero-order valence-corrected chi connectivity index (χ0v) is 8.88. The Bertz CT molecular complexity index is 398. The molecule has 0 saturated heterocycles. The molecule has 0 aliphatic heterocycles. The van der Waals surface area contributed by atoms with E-state index in [1.165, 1.54) is 13.0 Å². The van der Waals surface area contributed by atoms with Crippen molar-refractivity contribution in [2.24, 2.45) is 0 Å². The van der Waals surface area contributed by atoms with E-state index in [0.717, 1.165) is 5.56 Å². The molecule has 0 spiro atoms. The third-order valence-electron chi connectivity index (χ3n) is 1.91. The zero-order valence-electron chi connectivity index (χ0n) is 8.88. The van der Waals surface area contributed by atoms with E-state index in [9.17, 15) is 9.59 Å². The highest BCUT2D eigenvalue weighted by molar-refractivity contribution is 5.84. The summed E-state index contributed by atoms with van der Waals surface area (Å²) in [4.78, 5) is 21.6. The van der Waals surface area contributed by atoms with Crippen LogP contribution in [0.3, 0.4) is 0 Å². The van der Waals surface area contributed by atoms with Crippen molar-refractivity contribution in [2.75, 3.05) is 0 Å². The molecule has 0 radical (unpaired) electrons. The molecule has 1 amide bonds. The van der Waals surface area contributed by atoms with Gasteiger partial charge in [0.2, 0.25) is 5.91 Å². The highest BCUT2D eigenvalue weighted by atomic mass is 16.4. The van der Waals surface area contributed by atoms with E-state index in [1.54, 1.807) is 6.08 Å². The van der Waals surface area contributed by atoms with Crippen LogP contribution in [-0.2, 0) is 9.59 Å². The van der Waals surface area contributed by atoms with Crippen LogP contribution >= 0.6 is 0 Å². The van der Waals surface area contributed by atoms with E-state index in [2.05, 4.69) is 5.32 Å². The number of carboxylic acids is 1. The van der Waals surface area contributed by atoms with Crippen LogP contribution in [0, 0.1) is 0 Å². The number of carbonyl (C=O) groups is 2. The maximum atomic E-state index is 10.8. The molecule has 1 atom stereocenters. The van der Waals surface area contributed by atoms with E-state index >= 15 is 0 Å². The monoisotopic (exact) mass is 219 g/mol. The fourth-order valence-electron chi connectivity index (χ4n) is 1.18. The predicted octanol–water partition coefficient (Wildman–Crippen LogP) is 1.29. The molecule has 4 nitrogen and oxygen atoms in total. The lowest BCUT2D eigenvalue weighted by molar-refractivity contribution is -0.140. The Hall–Kier alpha value is -2.10. The van der Waals surface area contributed by atoms with Gasteiger partial charge in [0.15, 0.2) is 0 Å². The molecule has 0 aliphatic carbocycles. The van der Waals surface area contributed by atoms with Crippen LogP contribution in [0.15, 0.2) is 36.4 Å². The standard InChI is InChI=1S/C12H13NO3/c1-9(14)13-11(12(15)16)8-7-10-5-3-2-4-6-10/h2-8,11H,1H3,(H,13,14)(H,15,16).